The molecule has 0 radical (unpaired) electrons. The van der Waals surface area contributed by atoms with Gasteiger partial charge in [0.1, 0.15) is 0 Å². The van der Waals surface area contributed by atoms with Crippen molar-refractivity contribution in [1.29, 1.82) is 0 Å². The molecule has 0 spiro atoms. The van der Waals surface area contributed by atoms with Gasteiger partial charge in [0.2, 0.25) is 0 Å². The molecule has 0 amide bonds. The van der Waals surface area contributed by atoms with Crippen LogP contribution >= 0.6 is 0 Å². The molecule has 2 N–H and O–H groups in total. The summed E-state index contributed by atoms with van der Waals surface area (Å²) < 4.78 is 0. The maximum Gasteiger partial charge on any atom is 0.0642 e. The average Bonchev–Trinajstić information content (AvgIpc) is 2.96. The second kappa shape index (κ2) is 8.09. The van der Waals surface area contributed by atoms with Crippen LogP contribution in [0.5, 0.6) is 0 Å². The lowest BCUT2D eigenvalue weighted by Crippen LogP contribution is -2.55. The van der Waals surface area contributed by atoms with Crippen molar-refractivity contribution in [3.05, 3.63) is 35.5 Å². The van der Waals surface area contributed by atoms with Crippen LogP contribution in [-0.4, -0.2) is 22.4 Å². The summed E-state index contributed by atoms with van der Waals surface area (Å²) in [4.78, 5) is 0. The fourth-order valence-corrected chi connectivity index (χ4v) is 8.84. The van der Waals surface area contributed by atoms with Crippen LogP contribution in [0.25, 0.3) is 0 Å². The second-order valence-corrected chi connectivity index (χ2v) is 13.8. The molecule has 4 aliphatic rings. The number of aliphatic hydroxyl groups excluding tert-OH is 2. The van der Waals surface area contributed by atoms with Crippen LogP contribution in [0.15, 0.2) is 35.5 Å². The van der Waals surface area contributed by atoms with Crippen LogP contribution in [0.3, 0.4) is 0 Å². The van der Waals surface area contributed by atoms with Crippen molar-refractivity contribution in [1.82, 2.24) is 0 Å². The van der Waals surface area contributed by atoms with E-state index in [1.54, 1.807) is 0 Å². The predicted molar refractivity (Wildman–Crippen MR) is 139 cm³/mol. The minimum absolute atomic E-state index is 0.0766. The van der Waals surface area contributed by atoms with Gasteiger partial charge >= 0.3 is 0 Å². The Kier molecular flexibility index (Phi) is 6.19. The number of hydrogen-bond donors (Lipinski definition) is 2. The van der Waals surface area contributed by atoms with Gasteiger partial charge in [0.25, 0.3) is 0 Å². The van der Waals surface area contributed by atoms with E-state index in [0.29, 0.717) is 23.7 Å². The molecule has 2 nitrogen and oxygen atoms in total. The smallest absolute Gasteiger partial charge is 0.0642 e. The van der Waals surface area contributed by atoms with E-state index in [4.69, 9.17) is 0 Å². The fourth-order valence-electron chi connectivity index (χ4n) is 8.84. The Morgan fingerprint density at radius 2 is 1.70 bits per heavy atom. The molecule has 0 aromatic carbocycles. The summed E-state index contributed by atoms with van der Waals surface area (Å²) in [5.41, 5.74) is 4.19. The zero-order chi connectivity index (χ0) is 24.6. The molecule has 0 saturated heterocycles. The van der Waals surface area contributed by atoms with Gasteiger partial charge in [-0.2, -0.15) is 0 Å². The summed E-state index contributed by atoms with van der Waals surface area (Å²) >= 11 is 0. The molecule has 0 aromatic heterocycles. The minimum atomic E-state index is -0.291. The Labute approximate surface area is 203 Å². The zero-order valence-corrected chi connectivity index (χ0v) is 22.7. The Morgan fingerprint density at radius 3 is 2.33 bits per heavy atom. The van der Waals surface area contributed by atoms with E-state index in [0.717, 1.165) is 38.5 Å². The van der Waals surface area contributed by atoms with Crippen molar-refractivity contribution in [3.8, 4) is 0 Å². The SMILES string of the molecule is C=C(CCC(C)[C@H]1C[C@H](O)[C@@]2(C)C3=CC[C@H]4C(C)(C)[C@@H](O)CC[C@]4(C)C3=CC[C@]12C)C(C)C. The van der Waals surface area contributed by atoms with Gasteiger partial charge in [-0.1, -0.05) is 79.7 Å². The lowest BCUT2D eigenvalue weighted by Gasteiger charge is -2.61. The van der Waals surface area contributed by atoms with Crippen molar-refractivity contribution >= 4 is 0 Å². The number of allylic oxidation sites excluding steroid dienone is 4. The molecule has 0 heterocycles. The third-order valence-electron chi connectivity index (χ3n) is 11.8. The highest BCUT2D eigenvalue weighted by Crippen LogP contribution is 2.71. The molecule has 2 heteroatoms. The summed E-state index contributed by atoms with van der Waals surface area (Å²) in [6.07, 6.45) is 11.7. The third-order valence-corrected chi connectivity index (χ3v) is 11.8. The Hall–Kier alpha value is -0.860. The van der Waals surface area contributed by atoms with Gasteiger partial charge < -0.3 is 10.2 Å². The van der Waals surface area contributed by atoms with Crippen LogP contribution in [0.2, 0.25) is 0 Å². The van der Waals surface area contributed by atoms with Crippen LogP contribution in [0.1, 0.15) is 100 Å². The number of fused-ring (bicyclic) bond motifs is 5. The highest BCUT2D eigenvalue weighted by Gasteiger charge is 2.66. The maximum atomic E-state index is 11.7. The number of hydrogen-bond acceptors (Lipinski definition) is 2. The average molecular weight is 455 g/mol. The highest BCUT2D eigenvalue weighted by atomic mass is 16.3. The predicted octanol–water partition coefficient (Wildman–Crippen LogP) is 7.47. The minimum Gasteiger partial charge on any atom is -0.393 e. The van der Waals surface area contributed by atoms with E-state index in [2.05, 4.69) is 74.1 Å². The molecular formula is C31H50O2. The summed E-state index contributed by atoms with van der Waals surface area (Å²) in [6.45, 7) is 23.0. The van der Waals surface area contributed by atoms with Gasteiger partial charge in [0.15, 0.2) is 0 Å². The van der Waals surface area contributed by atoms with E-state index >= 15 is 0 Å². The maximum absolute atomic E-state index is 11.7. The standard InChI is InChI=1S/C31H50O2/c1-19(2)20(3)10-11-21(4)24-18-27(33)31(9)23-12-13-25-28(5,6)26(32)15-16-29(25,7)22(23)14-17-30(24,31)8/h12,14,19,21,24-27,32-33H,3,10-11,13,15-18H2,1-2,4-9H3/t21?,24-,25+,26+,27+,29-,30-,31-/m1/s1. The van der Waals surface area contributed by atoms with E-state index in [1.807, 2.05) is 0 Å². The molecular weight excluding hydrogens is 404 g/mol. The quantitative estimate of drug-likeness (QED) is 0.423. The van der Waals surface area contributed by atoms with Crippen molar-refractivity contribution in [2.24, 2.45) is 45.3 Å². The first-order chi connectivity index (χ1) is 15.2. The van der Waals surface area contributed by atoms with E-state index < -0.39 is 0 Å². The Bertz CT molecular complexity index is 862. The Balaban J connectivity index is 1.68. The molecule has 8 atom stereocenters. The van der Waals surface area contributed by atoms with Crippen molar-refractivity contribution in [2.75, 3.05) is 0 Å². The van der Waals surface area contributed by atoms with Gasteiger partial charge in [-0.05, 0) is 96.0 Å². The van der Waals surface area contributed by atoms with Gasteiger partial charge in [-0.3, -0.25) is 0 Å². The second-order valence-electron chi connectivity index (χ2n) is 13.8. The molecule has 2 fully saturated rings. The van der Waals surface area contributed by atoms with Crippen LogP contribution in [0.4, 0.5) is 0 Å². The number of rotatable bonds is 5. The summed E-state index contributed by atoms with van der Waals surface area (Å²) in [5, 5.41) is 22.5. The van der Waals surface area contributed by atoms with Crippen molar-refractivity contribution in [3.63, 3.8) is 0 Å². The molecule has 33 heavy (non-hydrogen) atoms. The lowest BCUT2D eigenvalue weighted by atomic mass is 9.44. The molecule has 4 aliphatic carbocycles. The first-order valence-electron chi connectivity index (χ1n) is 13.7. The molecule has 0 bridgehead atoms. The lowest BCUT2D eigenvalue weighted by molar-refractivity contribution is -0.0872. The van der Waals surface area contributed by atoms with Crippen molar-refractivity contribution in [2.45, 2.75) is 113 Å². The summed E-state index contributed by atoms with van der Waals surface area (Å²) in [5.74, 6) is 2.10. The normalized spacial score (nSPS) is 44.9. The van der Waals surface area contributed by atoms with E-state index in [1.165, 1.54) is 23.1 Å². The van der Waals surface area contributed by atoms with Gasteiger partial charge in [-0.25, -0.2) is 0 Å². The van der Waals surface area contributed by atoms with Gasteiger partial charge in [0.05, 0.1) is 12.2 Å². The summed E-state index contributed by atoms with van der Waals surface area (Å²) in [7, 11) is 0. The monoisotopic (exact) mass is 454 g/mol. The van der Waals surface area contributed by atoms with Crippen LogP contribution in [-0.2, 0) is 0 Å². The third kappa shape index (κ3) is 3.40. The van der Waals surface area contributed by atoms with Crippen LogP contribution < -0.4 is 0 Å². The van der Waals surface area contributed by atoms with Gasteiger partial charge in [-0.15, -0.1) is 0 Å². The van der Waals surface area contributed by atoms with Crippen molar-refractivity contribution < 1.29 is 10.2 Å². The molecule has 4 rings (SSSR count). The first-order valence-corrected chi connectivity index (χ1v) is 13.7. The van der Waals surface area contributed by atoms with Gasteiger partial charge in [0, 0.05) is 5.41 Å². The summed E-state index contributed by atoms with van der Waals surface area (Å²) in [6, 6.07) is 0. The van der Waals surface area contributed by atoms with Crippen LogP contribution in [0, 0.1) is 45.3 Å². The molecule has 0 aromatic rings. The topological polar surface area (TPSA) is 40.5 Å². The largest absolute Gasteiger partial charge is 0.393 e. The molecule has 0 aliphatic heterocycles. The zero-order valence-electron chi connectivity index (χ0n) is 22.7. The fraction of sp³-hybridized carbons (Fsp3) is 0.806. The molecule has 2 saturated carbocycles. The number of aliphatic hydroxyl groups is 2. The molecule has 1 unspecified atom stereocenters. The van der Waals surface area contributed by atoms with E-state index in [-0.39, 0.29) is 33.9 Å². The first kappa shape index (κ1) is 25.2. The molecule has 186 valence electrons. The highest BCUT2D eigenvalue weighted by molar-refractivity contribution is 5.50. The van der Waals surface area contributed by atoms with E-state index in [9.17, 15) is 10.2 Å². The Morgan fingerprint density at radius 1 is 1.03 bits per heavy atom.